The van der Waals surface area contributed by atoms with Gasteiger partial charge in [0.1, 0.15) is 0 Å². The Kier molecular flexibility index (Phi) is 3.80. The highest BCUT2D eigenvalue weighted by Crippen LogP contribution is 2.36. The average Bonchev–Trinajstić information content (AvgIpc) is 2.69. The zero-order valence-corrected chi connectivity index (χ0v) is 13.3. The SMILES string of the molecule is CC1(C)OB(c2cnc(C3CCOCC3)cn2)OC1(C)C. The summed E-state index contributed by atoms with van der Waals surface area (Å²) in [6, 6.07) is 0. The molecular weight excluding hydrogens is 267 g/mol. The molecule has 5 nitrogen and oxygen atoms in total. The zero-order valence-electron chi connectivity index (χ0n) is 13.3. The van der Waals surface area contributed by atoms with E-state index in [1.807, 2.05) is 33.9 Å². The lowest BCUT2D eigenvalue weighted by atomic mass is 9.85. The molecule has 0 aromatic carbocycles. The van der Waals surface area contributed by atoms with Gasteiger partial charge in [0.2, 0.25) is 0 Å². The highest BCUT2D eigenvalue weighted by Gasteiger charge is 2.52. The molecule has 2 aliphatic heterocycles. The molecule has 0 N–H and O–H groups in total. The second kappa shape index (κ2) is 5.34. The van der Waals surface area contributed by atoms with E-state index < -0.39 is 7.12 Å². The molecule has 2 aliphatic rings. The Labute approximate surface area is 126 Å². The summed E-state index contributed by atoms with van der Waals surface area (Å²) in [7, 11) is -0.439. The molecule has 0 radical (unpaired) electrons. The molecule has 2 fully saturated rings. The quantitative estimate of drug-likeness (QED) is 0.776. The van der Waals surface area contributed by atoms with Gasteiger partial charge >= 0.3 is 7.12 Å². The molecule has 0 unspecified atom stereocenters. The van der Waals surface area contributed by atoms with E-state index in [1.165, 1.54) is 0 Å². The van der Waals surface area contributed by atoms with Crippen molar-refractivity contribution in [1.29, 1.82) is 0 Å². The Morgan fingerprint density at radius 1 is 1.00 bits per heavy atom. The molecule has 3 heterocycles. The third-order valence-corrected chi connectivity index (χ3v) is 4.83. The van der Waals surface area contributed by atoms with Crippen LogP contribution < -0.4 is 5.59 Å². The molecule has 0 aliphatic carbocycles. The van der Waals surface area contributed by atoms with Gasteiger partial charge in [0, 0.05) is 31.5 Å². The first kappa shape index (κ1) is 14.9. The highest BCUT2D eigenvalue weighted by atomic mass is 16.7. The van der Waals surface area contributed by atoms with Gasteiger partial charge in [0.25, 0.3) is 0 Å². The van der Waals surface area contributed by atoms with E-state index in [4.69, 9.17) is 14.0 Å². The van der Waals surface area contributed by atoms with Gasteiger partial charge in [-0.1, -0.05) is 0 Å². The van der Waals surface area contributed by atoms with Gasteiger partial charge in [0.15, 0.2) is 0 Å². The number of hydrogen-bond donors (Lipinski definition) is 0. The lowest BCUT2D eigenvalue weighted by Crippen LogP contribution is -2.41. The van der Waals surface area contributed by atoms with Gasteiger partial charge in [0.05, 0.1) is 22.5 Å². The van der Waals surface area contributed by atoms with Crippen LogP contribution in [0.5, 0.6) is 0 Å². The summed E-state index contributed by atoms with van der Waals surface area (Å²) < 4.78 is 17.4. The molecule has 1 aromatic heterocycles. The van der Waals surface area contributed by atoms with Gasteiger partial charge in [-0.3, -0.25) is 9.97 Å². The largest absolute Gasteiger partial charge is 0.516 e. The fourth-order valence-electron chi connectivity index (χ4n) is 2.64. The lowest BCUT2D eigenvalue weighted by Gasteiger charge is -2.32. The predicted octanol–water partition coefficient (Wildman–Crippen LogP) is 1.67. The van der Waals surface area contributed by atoms with E-state index in [2.05, 4.69) is 9.97 Å². The van der Waals surface area contributed by atoms with E-state index in [0.29, 0.717) is 5.92 Å². The fourth-order valence-corrected chi connectivity index (χ4v) is 2.64. The minimum atomic E-state index is -0.439. The molecule has 0 amide bonds. The summed E-state index contributed by atoms with van der Waals surface area (Å²) >= 11 is 0. The van der Waals surface area contributed by atoms with Gasteiger partial charge in [-0.05, 0) is 40.5 Å². The molecule has 21 heavy (non-hydrogen) atoms. The summed E-state index contributed by atoms with van der Waals surface area (Å²) in [6.07, 6.45) is 5.68. The first-order valence-electron chi connectivity index (χ1n) is 7.64. The smallest absolute Gasteiger partial charge is 0.398 e. The Morgan fingerprint density at radius 2 is 1.62 bits per heavy atom. The van der Waals surface area contributed by atoms with Crippen molar-refractivity contribution in [3.63, 3.8) is 0 Å². The third-order valence-electron chi connectivity index (χ3n) is 4.83. The molecule has 114 valence electrons. The molecular formula is C15H23BN2O3. The van der Waals surface area contributed by atoms with Crippen molar-refractivity contribution < 1.29 is 14.0 Å². The zero-order chi connectivity index (χ0) is 15.1. The molecule has 1 aromatic rings. The molecule has 3 rings (SSSR count). The van der Waals surface area contributed by atoms with Gasteiger partial charge in [-0.2, -0.15) is 0 Å². The van der Waals surface area contributed by atoms with Crippen molar-refractivity contribution in [1.82, 2.24) is 9.97 Å². The number of ether oxygens (including phenoxy) is 1. The second-order valence-corrected chi connectivity index (χ2v) is 6.84. The van der Waals surface area contributed by atoms with Crippen LogP contribution in [0.2, 0.25) is 0 Å². The second-order valence-electron chi connectivity index (χ2n) is 6.84. The van der Waals surface area contributed by atoms with Gasteiger partial charge in [-0.15, -0.1) is 0 Å². The molecule has 0 spiro atoms. The van der Waals surface area contributed by atoms with E-state index in [9.17, 15) is 0 Å². The van der Waals surface area contributed by atoms with E-state index in [1.54, 1.807) is 6.20 Å². The molecule has 2 saturated heterocycles. The van der Waals surface area contributed by atoms with Crippen molar-refractivity contribution in [2.45, 2.75) is 57.7 Å². The van der Waals surface area contributed by atoms with Crippen LogP contribution in [0.1, 0.15) is 52.1 Å². The summed E-state index contributed by atoms with van der Waals surface area (Å²) in [5.41, 5.74) is 1.08. The van der Waals surface area contributed by atoms with Crippen molar-refractivity contribution in [2.24, 2.45) is 0 Å². The summed E-state index contributed by atoms with van der Waals surface area (Å²) in [5.74, 6) is 0.457. The van der Waals surface area contributed by atoms with Crippen LogP contribution in [0.15, 0.2) is 12.4 Å². The number of nitrogens with zero attached hydrogens (tertiary/aromatic N) is 2. The van der Waals surface area contributed by atoms with Crippen molar-refractivity contribution in [3.8, 4) is 0 Å². The van der Waals surface area contributed by atoms with Crippen LogP contribution in [-0.2, 0) is 14.0 Å². The van der Waals surface area contributed by atoms with Crippen molar-refractivity contribution in [2.75, 3.05) is 13.2 Å². The highest BCUT2D eigenvalue weighted by molar-refractivity contribution is 6.61. The van der Waals surface area contributed by atoms with E-state index in [-0.39, 0.29) is 11.2 Å². The molecule has 0 bridgehead atoms. The number of rotatable bonds is 2. The minimum absolute atomic E-state index is 0.348. The van der Waals surface area contributed by atoms with Crippen LogP contribution in [0, 0.1) is 0 Å². The van der Waals surface area contributed by atoms with Gasteiger partial charge in [-0.25, -0.2) is 0 Å². The summed E-state index contributed by atoms with van der Waals surface area (Å²) in [4.78, 5) is 9.08. The molecule has 0 atom stereocenters. The maximum absolute atomic E-state index is 5.99. The average molecular weight is 290 g/mol. The summed E-state index contributed by atoms with van der Waals surface area (Å²) in [5, 5.41) is 0. The van der Waals surface area contributed by atoms with Crippen LogP contribution in [0.25, 0.3) is 0 Å². The fraction of sp³-hybridized carbons (Fsp3) is 0.733. The minimum Gasteiger partial charge on any atom is -0.398 e. The van der Waals surface area contributed by atoms with Crippen molar-refractivity contribution >= 4 is 12.7 Å². The van der Waals surface area contributed by atoms with Crippen LogP contribution in [0.4, 0.5) is 0 Å². The Balaban J connectivity index is 1.73. The number of hydrogen-bond acceptors (Lipinski definition) is 5. The Bertz CT molecular complexity index is 482. The molecule has 0 saturated carbocycles. The topological polar surface area (TPSA) is 53.5 Å². The van der Waals surface area contributed by atoms with E-state index >= 15 is 0 Å². The predicted molar refractivity (Wildman–Crippen MR) is 80.5 cm³/mol. The van der Waals surface area contributed by atoms with Crippen LogP contribution >= 0.6 is 0 Å². The maximum atomic E-state index is 5.99. The van der Waals surface area contributed by atoms with Crippen LogP contribution in [0.3, 0.4) is 0 Å². The Morgan fingerprint density at radius 3 is 2.14 bits per heavy atom. The molecule has 6 heteroatoms. The monoisotopic (exact) mass is 290 g/mol. The van der Waals surface area contributed by atoms with Crippen molar-refractivity contribution in [3.05, 3.63) is 18.1 Å². The first-order valence-corrected chi connectivity index (χ1v) is 7.64. The normalized spacial score (nSPS) is 25.2. The standard InChI is InChI=1S/C15H23BN2O3/c1-14(2)15(3,4)21-16(20-14)13-10-17-12(9-18-13)11-5-7-19-8-6-11/h9-11H,5-8H2,1-4H3. The third kappa shape index (κ3) is 2.85. The van der Waals surface area contributed by atoms with E-state index in [0.717, 1.165) is 37.3 Å². The first-order chi connectivity index (χ1) is 9.89. The maximum Gasteiger partial charge on any atom is 0.516 e. The Hall–Kier alpha value is -0.975. The van der Waals surface area contributed by atoms with Gasteiger partial charge < -0.3 is 14.0 Å². The lowest BCUT2D eigenvalue weighted by molar-refractivity contribution is 0.00578. The van der Waals surface area contributed by atoms with Crippen LogP contribution in [-0.4, -0.2) is 41.5 Å². The summed E-state index contributed by atoms with van der Waals surface area (Å²) in [6.45, 7) is 9.78. The number of aromatic nitrogens is 2.